The highest BCUT2D eigenvalue weighted by Gasteiger charge is 2.46. The Kier molecular flexibility index (Phi) is 20.6. The highest BCUT2D eigenvalue weighted by Crippen LogP contribution is 2.35. The van der Waals surface area contributed by atoms with Crippen molar-refractivity contribution in [3.05, 3.63) is 36.9 Å². The van der Waals surface area contributed by atoms with Crippen molar-refractivity contribution < 1.29 is 65.0 Å². The Morgan fingerprint density at radius 3 is 1.46 bits per heavy atom. The molecule has 4 fully saturated rings. The van der Waals surface area contributed by atoms with Crippen LogP contribution >= 0.6 is 0 Å². The number of ether oxygens (including phenoxy) is 3. The summed E-state index contributed by atoms with van der Waals surface area (Å²) < 4.78 is 22.2. The minimum Gasteiger partial charge on any atom is -0.394 e. The van der Waals surface area contributed by atoms with Crippen molar-refractivity contribution in [1.82, 2.24) is 68.3 Å². The van der Waals surface area contributed by atoms with E-state index in [4.69, 9.17) is 31.4 Å². The zero-order valence-corrected chi connectivity index (χ0v) is 44.0. The Hall–Kier alpha value is -7.61. The van der Waals surface area contributed by atoms with Crippen molar-refractivity contribution in [1.29, 1.82) is 0 Å². The molecular weight excluding hydrogens is 1090 g/mol. The van der Waals surface area contributed by atoms with E-state index >= 15 is 0 Å². The van der Waals surface area contributed by atoms with Crippen LogP contribution in [-0.2, 0) is 14.2 Å². The third-order valence-electron chi connectivity index (χ3n) is 13.8. The number of carbonyl (C=O) groups excluding carboxylic acids is 1. The summed E-state index contributed by atoms with van der Waals surface area (Å²) in [6, 6.07) is 0. The van der Waals surface area contributed by atoms with E-state index in [1.165, 1.54) is 75.9 Å². The van der Waals surface area contributed by atoms with Crippen LogP contribution in [0.1, 0.15) is 103 Å². The molecule has 1 aliphatic carbocycles. The Morgan fingerprint density at radius 1 is 0.639 bits per heavy atom. The van der Waals surface area contributed by atoms with Crippen LogP contribution in [0.3, 0.4) is 0 Å². The second-order valence-electron chi connectivity index (χ2n) is 20.0. The van der Waals surface area contributed by atoms with E-state index in [1.807, 2.05) is 6.21 Å². The number of fused-ring (bicyclic) bond motifs is 3. The largest absolute Gasteiger partial charge is 0.394 e. The van der Waals surface area contributed by atoms with Crippen LogP contribution in [-0.4, -0.2) is 207 Å². The summed E-state index contributed by atoms with van der Waals surface area (Å²) in [5, 5.41) is 101. The molecule has 3 aliphatic heterocycles. The average molecular weight is 1160 g/mol. The first-order valence-corrected chi connectivity index (χ1v) is 25.9. The number of aliphatic hydroxyl groups is 9. The number of Topliss-reactive ketones (excluding diaryl/α,β-unsaturated/α-hetero) is 1. The maximum atomic E-state index is 11.5. The predicted octanol–water partition coefficient (Wildman–Crippen LogP) is -0.858. The highest BCUT2D eigenvalue weighted by molar-refractivity contribution is 5.93. The topological polar surface area (TPSA) is 502 Å². The van der Waals surface area contributed by atoms with E-state index in [9.17, 15) is 50.8 Å². The van der Waals surface area contributed by atoms with E-state index < -0.39 is 93.4 Å². The molecular formula is C49H73N21O13. The predicted molar refractivity (Wildman–Crippen MR) is 299 cm³/mol. The molecule has 0 aromatic carbocycles. The third kappa shape index (κ3) is 13.3. The van der Waals surface area contributed by atoms with Crippen LogP contribution in [0.25, 0.3) is 39.4 Å². The summed E-state index contributed by atoms with van der Waals surface area (Å²) in [7, 11) is 0. The number of aliphatic hydroxyl groups excluding tert-OH is 9. The van der Waals surface area contributed by atoms with Crippen LogP contribution in [0.4, 0.5) is 29.4 Å². The van der Waals surface area contributed by atoms with Gasteiger partial charge in [0.05, 0.1) is 50.6 Å². The summed E-state index contributed by atoms with van der Waals surface area (Å²) in [4.78, 5) is 49.4. The van der Waals surface area contributed by atoms with E-state index in [1.54, 1.807) is 6.21 Å². The zero-order chi connectivity index (χ0) is 57.8. The van der Waals surface area contributed by atoms with Gasteiger partial charge >= 0.3 is 0 Å². The minimum absolute atomic E-state index is 0. The zero-order valence-electron chi connectivity index (χ0n) is 44.0. The Bertz CT molecular complexity index is 3350. The Balaban J connectivity index is 0.000000177. The SMILES string of the molecule is C.C.CC(=O)c1cnn(-c2nc(N)c3ncn(C4OC(CO)[C@@H](O)[C@H]4O)c3n2)c1.CC(C)C/C=N\Nc1nc(N)c2ncn(C3OC(CO)[C@@H](O)[C@H]3O)c2n1.Nc1nc(N/N=C\C2CCCCC2)nc2c1ncn2C1OC(CO)[C@@H](O)[C@H]1O. The number of nitrogen functional groups attached to an aromatic ring is 3. The lowest BCUT2D eigenvalue weighted by molar-refractivity contribution is -0.0511. The van der Waals surface area contributed by atoms with Crippen molar-refractivity contribution in [3.8, 4) is 5.95 Å². The van der Waals surface area contributed by atoms with Crippen molar-refractivity contribution in [2.24, 2.45) is 22.0 Å². The van der Waals surface area contributed by atoms with Gasteiger partial charge in [0.25, 0.3) is 5.95 Å². The molecule has 0 bridgehead atoms. The molecule has 83 heavy (non-hydrogen) atoms. The lowest BCUT2D eigenvalue weighted by atomic mass is 9.90. The molecule has 34 heteroatoms. The fraction of sp³-hybridized carbons (Fsp3) is 0.571. The molecule has 10 heterocycles. The average Bonchev–Trinajstić information content (AvgIpc) is 4.56. The molecule has 34 nitrogen and oxygen atoms in total. The number of hydrogen-bond acceptors (Lipinski definition) is 30. The summed E-state index contributed by atoms with van der Waals surface area (Å²) in [5.74, 6) is 1.60. The number of ketones is 1. The summed E-state index contributed by atoms with van der Waals surface area (Å²) >= 11 is 0. The number of aromatic nitrogens is 14. The van der Waals surface area contributed by atoms with Crippen LogP contribution in [0.15, 0.2) is 41.6 Å². The number of hydrogen-bond donors (Lipinski definition) is 14. The molecule has 3 saturated heterocycles. The summed E-state index contributed by atoms with van der Waals surface area (Å²) in [6.45, 7) is 4.27. The third-order valence-corrected chi connectivity index (χ3v) is 13.8. The molecule has 452 valence electrons. The van der Waals surface area contributed by atoms with Gasteiger partial charge in [0, 0.05) is 18.6 Å². The van der Waals surface area contributed by atoms with Crippen LogP contribution in [0.5, 0.6) is 0 Å². The molecule has 11 rings (SSSR count). The number of rotatable bonds is 15. The minimum atomic E-state index is -1.30. The molecule has 4 aliphatic rings. The fourth-order valence-corrected chi connectivity index (χ4v) is 9.36. The van der Waals surface area contributed by atoms with Crippen molar-refractivity contribution in [2.45, 2.75) is 148 Å². The number of carbonyl (C=O) groups is 1. The lowest BCUT2D eigenvalue weighted by Gasteiger charge is -2.17. The fourth-order valence-electron chi connectivity index (χ4n) is 9.36. The normalized spacial score (nSPS) is 26.3. The summed E-state index contributed by atoms with van der Waals surface area (Å²) in [6.07, 6.45) is 4.21. The van der Waals surface area contributed by atoms with Crippen molar-refractivity contribution >= 4 is 81.1 Å². The Labute approximate surface area is 473 Å². The molecule has 0 radical (unpaired) electrons. The van der Waals surface area contributed by atoms with E-state index in [0.717, 1.165) is 19.3 Å². The smallest absolute Gasteiger partial charge is 0.254 e. The maximum Gasteiger partial charge on any atom is 0.254 e. The second kappa shape index (κ2) is 27.2. The molecule has 0 amide bonds. The van der Waals surface area contributed by atoms with Crippen LogP contribution in [0, 0.1) is 11.8 Å². The standard InChI is InChI=1S/C17H25N7O4.C15H17N7O5.C15H23N7O4.2CH4/c18-14-11-15(22-17(21-14)23-20-6-9-4-2-1-3-5-9)24(8-19-11)16-13(27)12(26)10(7-25)28-16;1-6(24)7-2-18-22(3-7)15-19-12(16)9-13(20-15)21(5-17-9)14-11(26)10(25)8(4-23)27-14;1-7(2)3-4-18-21-15-19-12(16)9-13(20-15)22(6-17-9)14-11(25)10(24)8(5-23)26-14;;/h6,8-10,12-13,16,25-27H,1-5,7H2,(H3,18,21,22,23);2-3,5,8,10-11,14,23,25-26H,4H2,1H3,(H2,16,19,20);4,6-8,10-11,14,23-25H,3,5H2,1-2H3,(H3,16,19,20,21);2*1H4/b20-6-;;18-4-;;/t10?,12-,13-,16?;2*8?,10-,11-,14?;;/m111../s1. The maximum absolute atomic E-state index is 11.5. The number of imidazole rings is 3. The van der Waals surface area contributed by atoms with Gasteiger partial charge < -0.3 is 77.4 Å². The molecule has 1 saturated carbocycles. The molecule has 0 spiro atoms. The Morgan fingerprint density at radius 2 is 1.06 bits per heavy atom. The van der Waals surface area contributed by atoms with E-state index in [-0.39, 0.29) is 67.1 Å². The molecule has 12 atom stereocenters. The molecule has 6 unspecified atom stereocenters. The number of hydrazone groups is 2. The quantitative estimate of drug-likeness (QED) is 0.0337. The number of nitrogens with two attached hydrogens (primary N) is 3. The molecule has 17 N–H and O–H groups in total. The van der Waals surface area contributed by atoms with E-state index in [0.29, 0.717) is 39.7 Å². The van der Waals surface area contributed by atoms with E-state index in [2.05, 4.69) is 84.9 Å². The first kappa shape index (κ1) is 63.0. The van der Waals surface area contributed by atoms with Gasteiger partial charge in [-0.15, -0.1) is 0 Å². The highest BCUT2D eigenvalue weighted by atomic mass is 16.6. The van der Waals surface area contributed by atoms with Gasteiger partial charge in [-0.25, -0.2) is 30.5 Å². The van der Waals surface area contributed by atoms with Gasteiger partial charge in [-0.05, 0) is 38.0 Å². The lowest BCUT2D eigenvalue weighted by Crippen LogP contribution is -2.33. The first-order valence-electron chi connectivity index (χ1n) is 25.9. The number of nitrogens with zero attached hydrogens (tertiary/aromatic N) is 16. The monoisotopic (exact) mass is 1160 g/mol. The van der Waals surface area contributed by atoms with Crippen LogP contribution in [0.2, 0.25) is 0 Å². The van der Waals surface area contributed by atoms with Gasteiger partial charge in [-0.2, -0.15) is 45.2 Å². The van der Waals surface area contributed by atoms with Crippen molar-refractivity contribution in [2.75, 3.05) is 47.9 Å². The number of nitrogens with one attached hydrogen (secondary N) is 2. The second-order valence-corrected chi connectivity index (χ2v) is 20.0. The molecule has 7 aromatic rings. The van der Waals surface area contributed by atoms with Gasteiger partial charge in [0.15, 0.2) is 58.9 Å². The van der Waals surface area contributed by atoms with Gasteiger partial charge in [-0.1, -0.05) is 48.0 Å². The van der Waals surface area contributed by atoms with Gasteiger partial charge in [0.1, 0.15) is 71.5 Å². The summed E-state index contributed by atoms with van der Waals surface area (Å²) in [5.41, 5.74) is 25.6. The van der Waals surface area contributed by atoms with Crippen LogP contribution < -0.4 is 28.1 Å². The first-order chi connectivity index (χ1) is 38.9. The van der Waals surface area contributed by atoms with Gasteiger partial charge in [-0.3, -0.25) is 18.5 Å². The van der Waals surface area contributed by atoms with Crippen molar-refractivity contribution in [3.63, 3.8) is 0 Å². The molecule has 7 aromatic heterocycles. The number of anilines is 5. The van der Waals surface area contributed by atoms with Gasteiger partial charge in [0.2, 0.25) is 11.9 Å².